The first-order chi connectivity index (χ1) is 19.4. The normalized spacial score (nSPS) is 10.9. The van der Waals surface area contributed by atoms with Crippen molar-refractivity contribution in [2.45, 2.75) is 33.1 Å². The van der Waals surface area contributed by atoms with Gasteiger partial charge in [-0.1, -0.05) is 43.7 Å². The number of anilines is 3. The summed E-state index contributed by atoms with van der Waals surface area (Å²) in [5.41, 5.74) is 6.16. The fraction of sp³-hybridized carbons (Fsp3) is 0.188. The van der Waals surface area contributed by atoms with Crippen LogP contribution in [0.1, 0.15) is 41.3 Å². The molecule has 2 aromatic heterocycles. The summed E-state index contributed by atoms with van der Waals surface area (Å²) in [6.07, 6.45) is 8.15. The molecule has 40 heavy (non-hydrogen) atoms. The highest BCUT2D eigenvalue weighted by Gasteiger charge is 2.16. The van der Waals surface area contributed by atoms with E-state index >= 15 is 0 Å². The Balaban J connectivity index is 1.41. The molecule has 0 saturated heterocycles. The minimum Gasteiger partial charge on any atom is -0.345 e. The molecule has 0 fully saturated rings. The van der Waals surface area contributed by atoms with Crippen LogP contribution in [0.4, 0.5) is 17.2 Å². The lowest BCUT2D eigenvalue weighted by Crippen LogP contribution is -2.21. The second kappa shape index (κ2) is 11.8. The highest BCUT2D eigenvalue weighted by atomic mass is 16.1. The maximum atomic E-state index is 13.3. The lowest BCUT2D eigenvalue weighted by atomic mass is 10.0. The first-order valence-corrected chi connectivity index (χ1v) is 13.4. The summed E-state index contributed by atoms with van der Waals surface area (Å²) in [7, 11) is 1.70. The van der Waals surface area contributed by atoms with E-state index in [1.165, 1.54) is 4.57 Å². The summed E-state index contributed by atoms with van der Waals surface area (Å²) >= 11 is 0. The van der Waals surface area contributed by atoms with Gasteiger partial charge in [-0.3, -0.25) is 9.59 Å². The highest BCUT2D eigenvalue weighted by molar-refractivity contribution is 6.06. The molecular weight excluding hydrogens is 500 g/mol. The molecule has 0 aliphatic carbocycles. The topological polar surface area (TPSA) is 105 Å². The number of aromatic nitrogens is 4. The van der Waals surface area contributed by atoms with Gasteiger partial charge in [-0.05, 0) is 67.3 Å². The molecule has 202 valence electrons. The molecule has 0 unspecified atom stereocenters. The number of imidazole rings is 1. The first kappa shape index (κ1) is 26.6. The zero-order valence-electron chi connectivity index (χ0n) is 22.9. The third-order valence-corrected chi connectivity index (χ3v) is 6.91. The summed E-state index contributed by atoms with van der Waals surface area (Å²) in [6.45, 7) is 4.09. The molecule has 0 aliphatic heterocycles. The van der Waals surface area contributed by atoms with Crippen LogP contribution in [0.3, 0.4) is 0 Å². The van der Waals surface area contributed by atoms with Crippen molar-refractivity contribution in [3.8, 4) is 22.6 Å². The zero-order chi connectivity index (χ0) is 28.1. The molecule has 2 heterocycles. The van der Waals surface area contributed by atoms with Crippen LogP contribution in [-0.2, 0) is 13.5 Å². The second-order valence-corrected chi connectivity index (χ2v) is 9.72. The molecule has 1 amide bonds. The van der Waals surface area contributed by atoms with E-state index < -0.39 is 0 Å². The minimum absolute atomic E-state index is 0.138. The number of H-pyrrole nitrogens is 1. The van der Waals surface area contributed by atoms with E-state index in [1.54, 1.807) is 25.6 Å². The molecule has 3 N–H and O–H groups in total. The van der Waals surface area contributed by atoms with Gasteiger partial charge in [0.05, 0.1) is 5.69 Å². The van der Waals surface area contributed by atoms with Crippen molar-refractivity contribution in [1.29, 1.82) is 0 Å². The van der Waals surface area contributed by atoms with Gasteiger partial charge in [0.2, 0.25) is 0 Å². The van der Waals surface area contributed by atoms with E-state index in [-0.39, 0.29) is 17.3 Å². The van der Waals surface area contributed by atoms with Crippen molar-refractivity contribution in [1.82, 2.24) is 19.5 Å². The summed E-state index contributed by atoms with van der Waals surface area (Å²) in [5.74, 6) is 0.847. The van der Waals surface area contributed by atoms with Crippen LogP contribution in [0.15, 0.2) is 90.1 Å². The van der Waals surface area contributed by atoms with Crippen molar-refractivity contribution in [3.05, 3.63) is 112 Å². The van der Waals surface area contributed by atoms with E-state index in [9.17, 15) is 9.59 Å². The molecule has 0 spiro atoms. The number of hydrogen-bond acceptors (Lipinski definition) is 5. The second-order valence-electron chi connectivity index (χ2n) is 9.72. The molecule has 0 saturated carbocycles. The number of carbonyl (C=O) groups is 1. The van der Waals surface area contributed by atoms with Crippen LogP contribution in [0.2, 0.25) is 0 Å². The number of benzene rings is 3. The van der Waals surface area contributed by atoms with E-state index in [2.05, 4.69) is 32.5 Å². The maximum absolute atomic E-state index is 13.3. The minimum atomic E-state index is -0.246. The van der Waals surface area contributed by atoms with Crippen molar-refractivity contribution in [2.24, 2.45) is 7.05 Å². The quantitative estimate of drug-likeness (QED) is 0.201. The predicted molar refractivity (Wildman–Crippen MR) is 160 cm³/mol. The number of unbranched alkanes of at least 4 members (excludes halogenated alkanes) is 1. The lowest BCUT2D eigenvalue weighted by molar-refractivity contribution is 0.102. The summed E-state index contributed by atoms with van der Waals surface area (Å²) < 4.78 is 1.51. The number of aromatic amines is 1. The Kier molecular flexibility index (Phi) is 7.87. The average Bonchev–Trinajstić information content (AvgIpc) is 3.51. The van der Waals surface area contributed by atoms with Gasteiger partial charge in [0.1, 0.15) is 5.82 Å². The van der Waals surface area contributed by atoms with Crippen LogP contribution in [0.5, 0.6) is 0 Å². The Morgan fingerprint density at radius 3 is 2.58 bits per heavy atom. The molecule has 0 atom stereocenters. The lowest BCUT2D eigenvalue weighted by Gasteiger charge is -2.15. The molecule has 5 aromatic rings. The molecule has 8 nitrogen and oxygen atoms in total. The number of carbonyl (C=O) groups excluding carboxylic acids is 1. The molecule has 0 aliphatic rings. The van der Waals surface area contributed by atoms with Crippen LogP contribution < -0.4 is 16.2 Å². The predicted octanol–water partition coefficient (Wildman–Crippen LogP) is 6.48. The van der Waals surface area contributed by atoms with Crippen molar-refractivity contribution in [3.63, 3.8) is 0 Å². The summed E-state index contributed by atoms with van der Waals surface area (Å²) in [4.78, 5) is 38.2. The molecule has 5 rings (SSSR count). The van der Waals surface area contributed by atoms with E-state index in [0.717, 1.165) is 53.0 Å². The Morgan fingerprint density at radius 2 is 1.82 bits per heavy atom. The molecule has 0 radical (unpaired) electrons. The Hall–Kier alpha value is -4.98. The molecule has 8 heteroatoms. The zero-order valence-corrected chi connectivity index (χ0v) is 22.9. The summed E-state index contributed by atoms with van der Waals surface area (Å²) in [5, 5.41) is 6.25. The van der Waals surface area contributed by atoms with Crippen molar-refractivity contribution in [2.75, 3.05) is 10.6 Å². The van der Waals surface area contributed by atoms with Crippen molar-refractivity contribution >= 4 is 23.1 Å². The highest BCUT2D eigenvalue weighted by Crippen LogP contribution is 2.29. The number of rotatable bonds is 9. The van der Waals surface area contributed by atoms with Crippen molar-refractivity contribution < 1.29 is 4.79 Å². The SMILES string of the molecule is CCCCc1ccccc1C(=O)Nc1cccc(-c2cn(C)c(=O)c(Nc3ccc(-c4ncc[nH]4)cc3)n2)c1C. The van der Waals surface area contributed by atoms with Crippen LogP contribution >= 0.6 is 0 Å². The Labute approximate surface area is 233 Å². The van der Waals surface area contributed by atoms with E-state index in [1.807, 2.05) is 73.7 Å². The van der Waals surface area contributed by atoms with Crippen LogP contribution in [-0.4, -0.2) is 25.4 Å². The number of nitrogens with zero attached hydrogens (tertiary/aromatic N) is 3. The third kappa shape index (κ3) is 5.71. The van der Waals surface area contributed by atoms with Gasteiger partial charge in [-0.2, -0.15) is 0 Å². The standard InChI is InChI=1S/C32H32N6O2/c1-4-5-9-22-10-6-7-11-26(22)31(39)37-27-13-8-12-25(21(27)2)28-20-38(3)32(40)30(36-28)35-24-16-14-23(15-17-24)29-33-18-19-34-29/h6-8,10-20H,4-5,9H2,1-3H3,(H,33,34)(H,35,36)(H,37,39). The van der Waals surface area contributed by atoms with Gasteiger partial charge >= 0.3 is 0 Å². The maximum Gasteiger partial charge on any atom is 0.293 e. The largest absolute Gasteiger partial charge is 0.345 e. The van der Waals surface area contributed by atoms with E-state index in [4.69, 9.17) is 0 Å². The fourth-order valence-electron chi connectivity index (χ4n) is 4.65. The van der Waals surface area contributed by atoms with Crippen LogP contribution in [0.25, 0.3) is 22.6 Å². The van der Waals surface area contributed by atoms with Gasteiger partial charge in [0.15, 0.2) is 5.82 Å². The first-order valence-electron chi connectivity index (χ1n) is 13.4. The van der Waals surface area contributed by atoms with Crippen LogP contribution in [0, 0.1) is 6.92 Å². The number of aryl methyl sites for hydroxylation is 2. The average molecular weight is 533 g/mol. The molecular formula is C32H32N6O2. The van der Waals surface area contributed by atoms with Gasteiger partial charge < -0.3 is 20.2 Å². The molecule has 3 aromatic carbocycles. The van der Waals surface area contributed by atoms with Gasteiger partial charge in [0.25, 0.3) is 11.5 Å². The van der Waals surface area contributed by atoms with Gasteiger partial charge in [-0.15, -0.1) is 0 Å². The number of nitrogens with one attached hydrogen (secondary N) is 3. The smallest absolute Gasteiger partial charge is 0.293 e. The number of amides is 1. The Bertz CT molecular complexity index is 1690. The third-order valence-electron chi connectivity index (χ3n) is 6.91. The number of hydrogen-bond donors (Lipinski definition) is 3. The molecule has 0 bridgehead atoms. The Morgan fingerprint density at radius 1 is 1.02 bits per heavy atom. The monoisotopic (exact) mass is 532 g/mol. The van der Waals surface area contributed by atoms with Gasteiger partial charge in [0, 0.05) is 53.7 Å². The fourth-order valence-corrected chi connectivity index (χ4v) is 4.65. The van der Waals surface area contributed by atoms with Gasteiger partial charge in [-0.25, -0.2) is 9.97 Å². The summed E-state index contributed by atoms with van der Waals surface area (Å²) in [6, 6.07) is 21.1. The van der Waals surface area contributed by atoms with E-state index in [0.29, 0.717) is 16.9 Å².